The molecule has 5 heteroatoms. The average Bonchev–Trinajstić information content (AvgIpc) is 2.29. The van der Waals surface area contributed by atoms with Crippen LogP contribution in [0.2, 0.25) is 0 Å². The highest BCUT2D eigenvalue weighted by atomic mass is 16.5. The van der Waals surface area contributed by atoms with Crippen LogP contribution in [0.1, 0.15) is 10.4 Å². The first kappa shape index (κ1) is 11.9. The van der Waals surface area contributed by atoms with Gasteiger partial charge in [-0.1, -0.05) is 30.3 Å². The number of carboxylic acid groups (broad SMARTS) is 1. The Bertz CT molecular complexity index is 410. The molecule has 0 saturated heterocycles. The van der Waals surface area contributed by atoms with E-state index in [1.165, 1.54) is 12.1 Å². The highest BCUT2D eigenvalue weighted by Gasteiger charge is 2.35. The second-order valence-electron chi connectivity index (χ2n) is 3.02. The standard InChI is InChI=1S/C11H10O5/c1-16-11(15)8(10(13)14)9(12)7-5-3-2-4-6-7/h2-6,8H,1H3,(H,13,14). The van der Waals surface area contributed by atoms with Crippen LogP contribution in [0.5, 0.6) is 0 Å². The Kier molecular flexibility index (Phi) is 3.77. The highest BCUT2D eigenvalue weighted by Crippen LogP contribution is 2.10. The van der Waals surface area contributed by atoms with Crippen LogP contribution in [-0.4, -0.2) is 29.9 Å². The Labute approximate surface area is 91.6 Å². The summed E-state index contributed by atoms with van der Waals surface area (Å²) >= 11 is 0. The van der Waals surface area contributed by atoms with Gasteiger partial charge >= 0.3 is 11.9 Å². The third kappa shape index (κ3) is 2.44. The summed E-state index contributed by atoms with van der Waals surface area (Å²) in [6.07, 6.45) is 0. The van der Waals surface area contributed by atoms with Crippen LogP contribution in [0.25, 0.3) is 0 Å². The number of carbonyl (C=O) groups excluding carboxylic acids is 2. The lowest BCUT2D eigenvalue weighted by molar-refractivity contribution is -0.153. The fourth-order valence-electron chi connectivity index (χ4n) is 1.21. The summed E-state index contributed by atoms with van der Waals surface area (Å²) in [7, 11) is 1.04. The van der Waals surface area contributed by atoms with E-state index < -0.39 is 23.6 Å². The molecule has 0 amide bonds. The number of rotatable bonds is 4. The van der Waals surface area contributed by atoms with Gasteiger partial charge in [-0.05, 0) is 0 Å². The molecular formula is C11H10O5. The molecule has 0 fully saturated rings. The first-order chi connectivity index (χ1) is 7.57. The zero-order chi connectivity index (χ0) is 12.1. The zero-order valence-electron chi connectivity index (χ0n) is 8.54. The molecule has 1 rings (SSSR count). The highest BCUT2D eigenvalue weighted by molar-refractivity contribution is 6.20. The second-order valence-corrected chi connectivity index (χ2v) is 3.02. The Morgan fingerprint density at radius 2 is 1.75 bits per heavy atom. The number of ether oxygens (including phenoxy) is 1. The van der Waals surface area contributed by atoms with Gasteiger partial charge in [0.05, 0.1) is 7.11 Å². The van der Waals surface area contributed by atoms with Crippen LogP contribution in [0, 0.1) is 5.92 Å². The molecule has 0 radical (unpaired) electrons. The predicted molar refractivity (Wildman–Crippen MR) is 53.9 cm³/mol. The minimum atomic E-state index is -1.80. The van der Waals surface area contributed by atoms with Gasteiger partial charge < -0.3 is 9.84 Å². The molecule has 0 saturated carbocycles. The summed E-state index contributed by atoms with van der Waals surface area (Å²) in [5.74, 6) is -5.16. The molecule has 1 aromatic carbocycles. The van der Waals surface area contributed by atoms with Crippen molar-refractivity contribution in [3.8, 4) is 0 Å². The van der Waals surface area contributed by atoms with Crippen molar-refractivity contribution in [2.45, 2.75) is 0 Å². The molecule has 1 aromatic rings. The molecule has 0 aliphatic rings. The number of Topliss-reactive ketones (excluding diaryl/α,β-unsaturated/α-hetero) is 1. The van der Waals surface area contributed by atoms with Gasteiger partial charge in [-0.3, -0.25) is 14.4 Å². The third-order valence-corrected chi connectivity index (χ3v) is 2.00. The van der Waals surface area contributed by atoms with E-state index in [2.05, 4.69) is 4.74 Å². The fraction of sp³-hybridized carbons (Fsp3) is 0.182. The summed E-state index contributed by atoms with van der Waals surface area (Å²) in [5.41, 5.74) is 0.167. The average molecular weight is 222 g/mol. The Hall–Kier alpha value is -2.17. The molecule has 0 aliphatic carbocycles. The first-order valence-corrected chi connectivity index (χ1v) is 4.48. The molecule has 1 atom stereocenters. The van der Waals surface area contributed by atoms with E-state index in [-0.39, 0.29) is 5.56 Å². The number of aliphatic carboxylic acids is 1. The maximum atomic E-state index is 11.7. The van der Waals surface area contributed by atoms with Gasteiger partial charge in [0.1, 0.15) is 0 Å². The van der Waals surface area contributed by atoms with Crippen LogP contribution < -0.4 is 0 Å². The topological polar surface area (TPSA) is 80.7 Å². The Balaban J connectivity index is 3.02. The lowest BCUT2D eigenvalue weighted by Gasteiger charge is -2.08. The van der Waals surface area contributed by atoms with Crippen molar-refractivity contribution in [1.29, 1.82) is 0 Å². The van der Waals surface area contributed by atoms with Gasteiger partial charge in [-0.25, -0.2) is 0 Å². The number of benzene rings is 1. The summed E-state index contributed by atoms with van der Waals surface area (Å²) in [6, 6.07) is 7.75. The van der Waals surface area contributed by atoms with Gasteiger partial charge in [-0.2, -0.15) is 0 Å². The number of hydrogen-bond acceptors (Lipinski definition) is 4. The molecule has 0 bridgehead atoms. The summed E-state index contributed by atoms with van der Waals surface area (Å²) in [5, 5.41) is 8.78. The summed E-state index contributed by atoms with van der Waals surface area (Å²) in [6.45, 7) is 0. The quantitative estimate of drug-likeness (QED) is 0.461. The van der Waals surface area contributed by atoms with Gasteiger partial charge in [0, 0.05) is 5.56 Å². The van der Waals surface area contributed by atoms with Crippen LogP contribution in [0.3, 0.4) is 0 Å². The van der Waals surface area contributed by atoms with E-state index in [1.54, 1.807) is 18.2 Å². The minimum Gasteiger partial charge on any atom is -0.480 e. The van der Waals surface area contributed by atoms with E-state index in [0.29, 0.717) is 0 Å². The first-order valence-electron chi connectivity index (χ1n) is 4.48. The van der Waals surface area contributed by atoms with Crippen molar-refractivity contribution >= 4 is 17.7 Å². The van der Waals surface area contributed by atoms with Crippen molar-refractivity contribution in [2.24, 2.45) is 5.92 Å². The zero-order valence-corrected chi connectivity index (χ0v) is 8.54. The van der Waals surface area contributed by atoms with Crippen LogP contribution in [-0.2, 0) is 14.3 Å². The SMILES string of the molecule is COC(=O)C(C(=O)O)C(=O)c1ccccc1. The molecule has 5 nitrogen and oxygen atoms in total. The molecule has 1 N–H and O–H groups in total. The molecule has 0 heterocycles. The van der Waals surface area contributed by atoms with E-state index in [0.717, 1.165) is 7.11 Å². The Morgan fingerprint density at radius 1 is 1.19 bits per heavy atom. The second kappa shape index (κ2) is 5.06. The van der Waals surface area contributed by atoms with Crippen molar-refractivity contribution in [2.75, 3.05) is 7.11 Å². The van der Waals surface area contributed by atoms with E-state index >= 15 is 0 Å². The summed E-state index contributed by atoms with van der Waals surface area (Å²) < 4.78 is 4.28. The van der Waals surface area contributed by atoms with Crippen LogP contribution in [0.4, 0.5) is 0 Å². The maximum absolute atomic E-state index is 11.7. The van der Waals surface area contributed by atoms with Gasteiger partial charge in [-0.15, -0.1) is 0 Å². The van der Waals surface area contributed by atoms with Crippen molar-refractivity contribution in [3.05, 3.63) is 35.9 Å². The van der Waals surface area contributed by atoms with Crippen molar-refractivity contribution < 1.29 is 24.2 Å². The number of ketones is 1. The minimum absolute atomic E-state index is 0.167. The number of methoxy groups -OCH3 is 1. The Morgan fingerprint density at radius 3 is 2.19 bits per heavy atom. The maximum Gasteiger partial charge on any atom is 0.328 e. The molecule has 0 aliphatic heterocycles. The molecule has 84 valence electrons. The molecule has 1 unspecified atom stereocenters. The van der Waals surface area contributed by atoms with Crippen molar-refractivity contribution in [1.82, 2.24) is 0 Å². The predicted octanol–water partition coefficient (Wildman–Crippen LogP) is 0.743. The fourth-order valence-corrected chi connectivity index (χ4v) is 1.21. The smallest absolute Gasteiger partial charge is 0.328 e. The van der Waals surface area contributed by atoms with Gasteiger partial charge in [0.25, 0.3) is 0 Å². The van der Waals surface area contributed by atoms with Crippen molar-refractivity contribution in [3.63, 3.8) is 0 Å². The molecule has 16 heavy (non-hydrogen) atoms. The van der Waals surface area contributed by atoms with E-state index in [9.17, 15) is 14.4 Å². The van der Waals surface area contributed by atoms with Crippen LogP contribution >= 0.6 is 0 Å². The number of hydrogen-bond donors (Lipinski definition) is 1. The monoisotopic (exact) mass is 222 g/mol. The van der Waals surface area contributed by atoms with Crippen LogP contribution in [0.15, 0.2) is 30.3 Å². The van der Waals surface area contributed by atoms with E-state index in [4.69, 9.17) is 5.11 Å². The lowest BCUT2D eigenvalue weighted by Crippen LogP contribution is -2.32. The van der Waals surface area contributed by atoms with Gasteiger partial charge in [0.15, 0.2) is 5.78 Å². The van der Waals surface area contributed by atoms with Gasteiger partial charge in [0.2, 0.25) is 5.92 Å². The normalized spacial score (nSPS) is 11.6. The number of carbonyl (C=O) groups is 3. The largest absolute Gasteiger partial charge is 0.480 e. The lowest BCUT2D eigenvalue weighted by atomic mass is 9.98. The number of carboxylic acids is 1. The molecule has 0 spiro atoms. The summed E-state index contributed by atoms with van der Waals surface area (Å²) in [4.78, 5) is 33.6. The number of esters is 1. The molecular weight excluding hydrogens is 212 g/mol. The third-order valence-electron chi connectivity index (χ3n) is 2.00. The molecule has 0 aromatic heterocycles. The van der Waals surface area contributed by atoms with E-state index in [1.807, 2.05) is 0 Å².